The zero-order valence-electron chi connectivity index (χ0n) is 21.9. The van der Waals surface area contributed by atoms with Crippen molar-refractivity contribution in [3.05, 3.63) is 58.4 Å². The average Bonchev–Trinajstić information content (AvgIpc) is 3.31. The van der Waals surface area contributed by atoms with Crippen LogP contribution in [0.2, 0.25) is 5.02 Å². The summed E-state index contributed by atoms with van der Waals surface area (Å²) in [4.78, 5) is 36.0. The monoisotopic (exact) mass is 556 g/mol. The van der Waals surface area contributed by atoms with Crippen molar-refractivity contribution in [2.24, 2.45) is 17.6 Å². The summed E-state index contributed by atoms with van der Waals surface area (Å²) >= 11 is 6.52. The Morgan fingerprint density at radius 2 is 2.05 bits per heavy atom. The predicted molar refractivity (Wildman–Crippen MR) is 140 cm³/mol. The van der Waals surface area contributed by atoms with Crippen molar-refractivity contribution >= 4 is 23.4 Å². The highest BCUT2D eigenvalue weighted by molar-refractivity contribution is 6.31. The van der Waals surface area contributed by atoms with Gasteiger partial charge in [0.2, 0.25) is 11.8 Å². The number of H-pyrrole nitrogens is 1. The van der Waals surface area contributed by atoms with E-state index in [1.165, 1.54) is 19.2 Å². The van der Waals surface area contributed by atoms with E-state index in [0.29, 0.717) is 48.5 Å². The molecule has 39 heavy (non-hydrogen) atoms. The molecule has 2 aliphatic rings. The van der Waals surface area contributed by atoms with Crippen molar-refractivity contribution in [3.8, 4) is 17.1 Å². The Labute approximate surface area is 229 Å². The standard InChI is InChI=1S/C27H30ClFN6O4/c1-26(2,38)16-6-18(28)21(31-12-16)7-15-11-27(15)10-14(24(30)36)4-5-35(27)25(37)22-9-20(33-34-22)17-8-23(39-3)32-13-19(17)29/h6,8-9,12-15,38H,4-5,7,10-11H2,1-3H3,(H2,30,36)(H,33,34). The summed E-state index contributed by atoms with van der Waals surface area (Å²) in [6.07, 6.45) is 4.68. The van der Waals surface area contributed by atoms with E-state index in [9.17, 15) is 19.1 Å². The van der Waals surface area contributed by atoms with Crippen LogP contribution in [0.25, 0.3) is 11.3 Å². The number of aliphatic hydroxyl groups is 1. The van der Waals surface area contributed by atoms with Crippen molar-refractivity contribution in [2.45, 2.75) is 50.7 Å². The topological polar surface area (TPSA) is 147 Å². The molecule has 12 heteroatoms. The van der Waals surface area contributed by atoms with Crippen molar-refractivity contribution in [1.82, 2.24) is 25.1 Å². The van der Waals surface area contributed by atoms with Crippen LogP contribution in [-0.2, 0) is 16.8 Å². The lowest BCUT2D eigenvalue weighted by Gasteiger charge is -2.40. The molecular weight excluding hydrogens is 527 g/mol. The molecule has 3 aromatic rings. The maximum Gasteiger partial charge on any atom is 0.272 e. The van der Waals surface area contributed by atoms with Crippen LogP contribution in [0.3, 0.4) is 0 Å². The molecule has 1 saturated heterocycles. The number of methoxy groups -OCH3 is 1. The number of hydrogen-bond acceptors (Lipinski definition) is 7. The lowest BCUT2D eigenvalue weighted by atomic mass is 9.86. The van der Waals surface area contributed by atoms with E-state index in [-0.39, 0.29) is 46.5 Å². The van der Waals surface area contributed by atoms with Crippen LogP contribution in [0, 0.1) is 17.7 Å². The number of piperidine rings is 1. The number of aromatic amines is 1. The number of rotatable bonds is 7. The summed E-state index contributed by atoms with van der Waals surface area (Å²) in [7, 11) is 1.43. The maximum atomic E-state index is 14.4. The van der Waals surface area contributed by atoms with Crippen molar-refractivity contribution < 1.29 is 23.8 Å². The number of ether oxygens (including phenoxy) is 1. The lowest BCUT2D eigenvalue weighted by molar-refractivity contribution is -0.124. The zero-order chi connectivity index (χ0) is 28.1. The van der Waals surface area contributed by atoms with Gasteiger partial charge in [-0.3, -0.25) is 19.7 Å². The first kappa shape index (κ1) is 27.0. The summed E-state index contributed by atoms with van der Waals surface area (Å²) in [6, 6.07) is 4.62. The first-order valence-corrected chi connectivity index (χ1v) is 13.0. The maximum absolute atomic E-state index is 14.4. The number of amides is 2. The molecule has 3 aromatic heterocycles. The Kier molecular flexibility index (Phi) is 6.84. The number of hydrogen-bond donors (Lipinski definition) is 3. The number of aromatic nitrogens is 4. The van der Waals surface area contributed by atoms with E-state index in [1.54, 1.807) is 31.0 Å². The van der Waals surface area contributed by atoms with Gasteiger partial charge in [0, 0.05) is 41.4 Å². The molecule has 206 valence electrons. The normalized spacial score (nSPS) is 22.7. The van der Waals surface area contributed by atoms with Gasteiger partial charge in [0.1, 0.15) is 5.69 Å². The fraction of sp³-hybridized carbons (Fsp3) is 0.444. The number of nitrogens with one attached hydrogen (secondary N) is 1. The van der Waals surface area contributed by atoms with Crippen molar-refractivity contribution in [2.75, 3.05) is 13.7 Å². The van der Waals surface area contributed by atoms with Gasteiger partial charge in [-0.05, 0) is 57.6 Å². The Morgan fingerprint density at radius 3 is 2.72 bits per heavy atom. The van der Waals surface area contributed by atoms with E-state index in [1.807, 2.05) is 0 Å². The molecule has 3 atom stereocenters. The van der Waals surface area contributed by atoms with Gasteiger partial charge in [0.15, 0.2) is 5.82 Å². The molecule has 1 saturated carbocycles. The number of carbonyl (C=O) groups excluding carboxylic acids is 2. The summed E-state index contributed by atoms with van der Waals surface area (Å²) in [5.41, 5.74) is 5.85. The molecule has 5 rings (SSSR count). The Morgan fingerprint density at radius 1 is 1.28 bits per heavy atom. The minimum atomic E-state index is -1.08. The molecule has 2 amide bonds. The second-order valence-electron chi connectivity index (χ2n) is 10.8. The zero-order valence-corrected chi connectivity index (χ0v) is 22.6. The van der Waals surface area contributed by atoms with Gasteiger partial charge in [0.05, 0.1) is 35.3 Å². The van der Waals surface area contributed by atoms with Gasteiger partial charge in [0.25, 0.3) is 5.91 Å². The number of pyridine rings is 2. The third-order valence-corrected chi connectivity index (χ3v) is 8.20. The Balaban J connectivity index is 1.40. The first-order chi connectivity index (χ1) is 18.4. The second-order valence-corrected chi connectivity index (χ2v) is 11.2. The van der Waals surface area contributed by atoms with Gasteiger partial charge >= 0.3 is 0 Å². The smallest absolute Gasteiger partial charge is 0.272 e. The van der Waals surface area contributed by atoms with Gasteiger partial charge in [-0.15, -0.1) is 0 Å². The quantitative estimate of drug-likeness (QED) is 0.404. The number of likely N-dealkylation sites (tertiary alicyclic amines) is 1. The van der Waals surface area contributed by atoms with Crippen LogP contribution in [-0.4, -0.2) is 61.2 Å². The molecular formula is C27H30ClFN6O4. The van der Waals surface area contributed by atoms with E-state index in [4.69, 9.17) is 22.1 Å². The van der Waals surface area contributed by atoms with Crippen molar-refractivity contribution in [3.63, 3.8) is 0 Å². The van der Waals surface area contributed by atoms with Crippen LogP contribution in [0.4, 0.5) is 4.39 Å². The van der Waals surface area contributed by atoms with E-state index in [2.05, 4.69) is 20.2 Å². The summed E-state index contributed by atoms with van der Waals surface area (Å²) in [5.74, 6) is -1.40. The van der Waals surface area contributed by atoms with Crippen LogP contribution in [0.1, 0.15) is 54.9 Å². The minimum absolute atomic E-state index is 0.00545. The molecule has 0 bridgehead atoms. The van der Waals surface area contributed by atoms with E-state index in [0.717, 1.165) is 6.20 Å². The molecule has 2 fully saturated rings. The average molecular weight is 557 g/mol. The van der Waals surface area contributed by atoms with Gasteiger partial charge < -0.3 is 20.5 Å². The minimum Gasteiger partial charge on any atom is -0.481 e. The number of nitrogens with two attached hydrogens (primary N) is 1. The van der Waals surface area contributed by atoms with Crippen LogP contribution >= 0.6 is 11.6 Å². The highest BCUT2D eigenvalue weighted by Crippen LogP contribution is 2.57. The molecule has 10 nitrogen and oxygen atoms in total. The highest BCUT2D eigenvalue weighted by Gasteiger charge is 2.62. The SMILES string of the molecule is COc1cc(-c2cc(C(=O)N3CCC(C(N)=O)CC34CC4Cc3ncc(C(C)(C)O)cc3Cl)[nH]n2)c(F)cn1. The number of nitrogens with zero attached hydrogens (tertiary/aromatic N) is 4. The van der Waals surface area contributed by atoms with Gasteiger partial charge in [-0.2, -0.15) is 5.10 Å². The molecule has 1 aliphatic carbocycles. The predicted octanol–water partition coefficient (Wildman–Crippen LogP) is 3.23. The number of halogens is 2. The third kappa shape index (κ3) is 5.08. The molecule has 4 N–H and O–H groups in total. The molecule has 0 aromatic carbocycles. The van der Waals surface area contributed by atoms with Gasteiger partial charge in [-0.1, -0.05) is 11.6 Å². The lowest BCUT2D eigenvalue weighted by Crippen LogP contribution is -2.51. The van der Waals surface area contributed by atoms with Crippen molar-refractivity contribution in [1.29, 1.82) is 0 Å². The van der Waals surface area contributed by atoms with Crippen LogP contribution < -0.4 is 10.5 Å². The Bertz CT molecular complexity index is 1440. The van der Waals surface area contributed by atoms with Gasteiger partial charge in [-0.25, -0.2) is 9.37 Å². The molecule has 0 radical (unpaired) electrons. The second kappa shape index (κ2) is 9.87. The van der Waals surface area contributed by atoms with E-state index >= 15 is 0 Å². The summed E-state index contributed by atoms with van der Waals surface area (Å²) in [5, 5.41) is 17.6. The first-order valence-electron chi connectivity index (χ1n) is 12.7. The Hall–Kier alpha value is -3.57. The summed E-state index contributed by atoms with van der Waals surface area (Å²) in [6.45, 7) is 3.66. The molecule has 3 unspecified atom stereocenters. The molecule has 1 aliphatic heterocycles. The molecule has 1 spiro atoms. The largest absolute Gasteiger partial charge is 0.481 e. The van der Waals surface area contributed by atoms with Crippen LogP contribution in [0.5, 0.6) is 5.88 Å². The fourth-order valence-corrected chi connectivity index (χ4v) is 5.77. The number of primary amides is 1. The summed E-state index contributed by atoms with van der Waals surface area (Å²) < 4.78 is 19.5. The fourth-order valence-electron chi connectivity index (χ4n) is 5.53. The van der Waals surface area contributed by atoms with E-state index < -0.39 is 17.0 Å². The van der Waals surface area contributed by atoms with Crippen LogP contribution in [0.15, 0.2) is 30.6 Å². The number of carbonyl (C=O) groups is 2. The molecule has 4 heterocycles. The highest BCUT2D eigenvalue weighted by atomic mass is 35.5. The third-order valence-electron chi connectivity index (χ3n) is 7.87.